The summed E-state index contributed by atoms with van der Waals surface area (Å²) in [5, 5.41) is 3.37. The van der Waals surface area contributed by atoms with Crippen molar-refractivity contribution >= 4 is 5.95 Å². The Bertz CT molecular complexity index is 357. The molecule has 0 bridgehead atoms. The Labute approximate surface area is 116 Å². The predicted molar refractivity (Wildman–Crippen MR) is 79.3 cm³/mol. The minimum absolute atomic E-state index is 0.623. The maximum absolute atomic E-state index is 4.51. The smallest absolute Gasteiger partial charge is 0.225 e. The molecular formula is C15H26N4. The Kier molecular flexibility index (Phi) is 5.58. The highest BCUT2D eigenvalue weighted by Gasteiger charge is 2.19. The minimum Gasteiger partial charge on any atom is -0.341 e. The first-order valence-electron chi connectivity index (χ1n) is 7.55. The third-order valence-corrected chi connectivity index (χ3v) is 3.89. The third-order valence-electron chi connectivity index (χ3n) is 3.89. The van der Waals surface area contributed by atoms with Crippen LogP contribution < -0.4 is 10.2 Å². The summed E-state index contributed by atoms with van der Waals surface area (Å²) in [6.45, 7) is 4.08. The molecule has 0 aliphatic heterocycles. The molecule has 1 aliphatic carbocycles. The number of anilines is 1. The van der Waals surface area contributed by atoms with E-state index in [0.717, 1.165) is 31.0 Å². The highest BCUT2D eigenvalue weighted by Crippen LogP contribution is 2.23. The molecule has 4 nitrogen and oxygen atoms in total. The van der Waals surface area contributed by atoms with Crippen LogP contribution in [0.3, 0.4) is 0 Å². The van der Waals surface area contributed by atoms with Gasteiger partial charge in [-0.25, -0.2) is 9.97 Å². The van der Waals surface area contributed by atoms with Crippen LogP contribution in [-0.2, 0) is 6.54 Å². The molecule has 1 aliphatic rings. The molecule has 0 radical (unpaired) electrons. The summed E-state index contributed by atoms with van der Waals surface area (Å²) in [4.78, 5) is 11.3. The first kappa shape index (κ1) is 14.3. The zero-order chi connectivity index (χ0) is 13.5. The lowest BCUT2D eigenvalue weighted by Crippen LogP contribution is -2.34. The van der Waals surface area contributed by atoms with Gasteiger partial charge >= 0.3 is 0 Å². The van der Waals surface area contributed by atoms with Crippen molar-refractivity contribution in [1.29, 1.82) is 0 Å². The minimum atomic E-state index is 0.623. The van der Waals surface area contributed by atoms with E-state index < -0.39 is 0 Å². The van der Waals surface area contributed by atoms with Crippen LogP contribution in [0.25, 0.3) is 0 Å². The number of aromatic nitrogens is 2. The van der Waals surface area contributed by atoms with Crippen molar-refractivity contribution in [2.75, 3.05) is 18.5 Å². The molecule has 106 valence electrons. The molecule has 4 heteroatoms. The molecule has 0 unspecified atom stereocenters. The van der Waals surface area contributed by atoms with Crippen molar-refractivity contribution in [2.24, 2.45) is 0 Å². The van der Waals surface area contributed by atoms with Crippen molar-refractivity contribution in [3.8, 4) is 0 Å². The Balaban J connectivity index is 1.89. The van der Waals surface area contributed by atoms with Crippen LogP contribution in [0.5, 0.6) is 0 Å². The lowest BCUT2D eigenvalue weighted by molar-refractivity contribution is 0.424. The largest absolute Gasteiger partial charge is 0.341 e. The van der Waals surface area contributed by atoms with Crippen molar-refractivity contribution < 1.29 is 0 Å². The van der Waals surface area contributed by atoms with Gasteiger partial charge in [0.1, 0.15) is 0 Å². The zero-order valence-electron chi connectivity index (χ0n) is 12.2. The van der Waals surface area contributed by atoms with Gasteiger partial charge in [-0.2, -0.15) is 0 Å². The van der Waals surface area contributed by atoms with Crippen LogP contribution in [-0.4, -0.2) is 29.6 Å². The lowest BCUT2D eigenvalue weighted by atomic mass is 9.95. The molecule has 19 heavy (non-hydrogen) atoms. The van der Waals surface area contributed by atoms with Crippen molar-refractivity contribution in [3.05, 3.63) is 18.0 Å². The fourth-order valence-corrected chi connectivity index (χ4v) is 2.66. The molecule has 0 atom stereocenters. The molecule has 0 aromatic carbocycles. The van der Waals surface area contributed by atoms with Crippen LogP contribution in [0.1, 0.15) is 51.0 Å². The van der Waals surface area contributed by atoms with E-state index in [1.807, 2.05) is 12.4 Å². The summed E-state index contributed by atoms with van der Waals surface area (Å²) in [5.41, 5.74) is 1.16. The second kappa shape index (κ2) is 7.43. The number of rotatable bonds is 6. The van der Waals surface area contributed by atoms with Crippen LogP contribution in [0, 0.1) is 0 Å². The quantitative estimate of drug-likeness (QED) is 0.800. The Morgan fingerprint density at radius 3 is 2.53 bits per heavy atom. The third kappa shape index (κ3) is 4.16. The molecule has 0 spiro atoms. The van der Waals surface area contributed by atoms with E-state index >= 15 is 0 Å². The van der Waals surface area contributed by atoms with E-state index in [1.54, 1.807) is 0 Å². The van der Waals surface area contributed by atoms with Gasteiger partial charge in [-0.1, -0.05) is 26.2 Å². The lowest BCUT2D eigenvalue weighted by Gasteiger charge is -2.31. The maximum atomic E-state index is 4.51. The summed E-state index contributed by atoms with van der Waals surface area (Å²) in [6, 6.07) is 0.623. The van der Waals surface area contributed by atoms with E-state index in [1.165, 1.54) is 32.1 Å². The Hall–Kier alpha value is -1.16. The summed E-state index contributed by atoms with van der Waals surface area (Å²) in [5.74, 6) is 0.867. The highest BCUT2D eigenvalue weighted by molar-refractivity contribution is 5.30. The van der Waals surface area contributed by atoms with Gasteiger partial charge < -0.3 is 10.2 Å². The molecule has 1 saturated carbocycles. The zero-order valence-corrected chi connectivity index (χ0v) is 12.2. The van der Waals surface area contributed by atoms with Gasteiger partial charge in [0.05, 0.1) is 0 Å². The molecule has 1 aromatic rings. The van der Waals surface area contributed by atoms with Gasteiger partial charge in [-0.3, -0.25) is 0 Å². The van der Waals surface area contributed by atoms with Crippen LogP contribution >= 0.6 is 0 Å². The molecule has 1 heterocycles. The standard InChI is InChI=1S/C15H26N4/c1-3-9-16-10-13-11-17-15(18-12-13)19(2)14-7-5-4-6-8-14/h11-12,14,16H,3-10H2,1-2H3. The van der Waals surface area contributed by atoms with E-state index in [9.17, 15) is 0 Å². The Morgan fingerprint density at radius 2 is 1.89 bits per heavy atom. The molecular weight excluding hydrogens is 236 g/mol. The van der Waals surface area contributed by atoms with Crippen molar-refractivity contribution in [2.45, 2.75) is 58.0 Å². The fourth-order valence-electron chi connectivity index (χ4n) is 2.66. The molecule has 0 amide bonds. The SMILES string of the molecule is CCCNCc1cnc(N(C)C2CCCCC2)nc1. The summed E-state index contributed by atoms with van der Waals surface area (Å²) in [6.07, 6.45) is 11.7. The maximum Gasteiger partial charge on any atom is 0.225 e. The highest BCUT2D eigenvalue weighted by atomic mass is 15.2. The van der Waals surface area contributed by atoms with E-state index in [4.69, 9.17) is 0 Å². The van der Waals surface area contributed by atoms with Gasteiger partial charge in [0.2, 0.25) is 5.95 Å². The molecule has 1 aromatic heterocycles. The normalized spacial score (nSPS) is 16.5. The number of nitrogens with zero attached hydrogens (tertiary/aromatic N) is 3. The van der Waals surface area contributed by atoms with Gasteiger partial charge in [0.15, 0.2) is 0 Å². The first-order chi connectivity index (χ1) is 9.31. The van der Waals surface area contributed by atoms with Crippen molar-refractivity contribution in [3.63, 3.8) is 0 Å². The monoisotopic (exact) mass is 262 g/mol. The molecule has 2 rings (SSSR count). The van der Waals surface area contributed by atoms with Gasteiger partial charge in [0, 0.05) is 37.6 Å². The first-order valence-corrected chi connectivity index (χ1v) is 7.55. The predicted octanol–water partition coefficient (Wildman–Crippen LogP) is 2.75. The van der Waals surface area contributed by atoms with Gasteiger partial charge in [0.25, 0.3) is 0 Å². The summed E-state index contributed by atoms with van der Waals surface area (Å²) < 4.78 is 0. The summed E-state index contributed by atoms with van der Waals surface area (Å²) >= 11 is 0. The average Bonchev–Trinajstić information content (AvgIpc) is 2.48. The van der Waals surface area contributed by atoms with Gasteiger partial charge in [-0.05, 0) is 25.8 Å². The van der Waals surface area contributed by atoms with Crippen molar-refractivity contribution in [1.82, 2.24) is 15.3 Å². The average molecular weight is 262 g/mol. The second-order valence-electron chi connectivity index (χ2n) is 5.47. The summed E-state index contributed by atoms with van der Waals surface area (Å²) in [7, 11) is 2.13. The fraction of sp³-hybridized carbons (Fsp3) is 0.733. The second-order valence-corrected chi connectivity index (χ2v) is 5.47. The topological polar surface area (TPSA) is 41.1 Å². The van der Waals surface area contributed by atoms with Crippen LogP contribution in [0.15, 0.2) is 12.4 Å². The Morgan fingerprint density at radius 1 is 1.21 bits per heavy atom. The van der Waals surface area contributed by atoms with Gasteiger partial charge in [-0.15, -0.1) is 0 Å². The van der Waals surface area contributed by atoms with E-state index in [2.05, 4.69) is 34.2 Å². The number of nitrogens with one attached hydrogen (secondary N) is 1. The molecule has 1 fully saturated rings. The van der Waals surface area contributed by atoms with Crippen LogP contribution in [0.2, 0.25) is 0 Å². The van der Waals surface area contributed by atoms with Crippen LogP contribution in [0.4, 0.5) is 5.95 Å². The number of hydrogen-bond acceptors (Lipinski definition) is 4. The molecule has 1 N–H and O–H groups in total. The van der Waals surface area contributed by atoms with E-state index in [0.29, 0.717) is 6.04 Å². The number of hydrogen-bond donors (Lipinski definition) is 1. The molecule has 0 saturated heterocycles. The van der Waals surface area contributed by atoms with E-state index in [-0.39, 0.29) is 0 Å².